The van der Waals surface area contributed by atoms with Crippen LogP contribution >= 0.6 is 0 Å². The van der Waals surface area contributed by atoms with E-state index in [9.17, 15) is 14.0 Å². The van der Waals surface area contributed by atoms with Crippen molar-refractivity contribution < 1.29 is 14.0 Å². The zero-order valence-electron chi connectivity index (χ0n) is 11.1. The second-order valence-corrected chi connectivity index (χ2v) is 4.90. The zero-order valence-corrected chi connectivity index (χ0v) is 11.1. The molecule has 1 aromatic carbocycles. The predicted octanol–water partition coefficient (Wildman–Crippen LogP) is 1.52. The summed E-state index contributed by atoms with van der Waals surface area (Å²) in [5, 5.41) is 0. The van der Waals surface area contributed by atoms with Gasteiger partial charge in [0.1, 0.15) is 11.9 Å². The molecule has 1 aliphatic rings. The van der Waals surface area contributed by atoms with Gasteiger partial charge in [0.2, 0.25) is 5.91 Å². The number of benzene rings is 1. The largest absolute Gasteiger partial charge is 0.347 e. The van der Waals surface area contributed by atoms with Crippen molar-refractivity contribution in [1.82, 2.24) is 9.80 Å². The lowest BCUT2D eigenvalue weighted by atomic mass is 10.1. The Hall–Kier alpha value is -1.91. The molecule has 0 saturated carbocycles. The topological polar surface area (TPSA) is 40.6 Å². The average molecular weight is 264 g/mol. The van der Waals surface area contributed by atoms with Crippen LogP contribution in [0, 0.1) is 5.82 Å². The third-order valence-corrected chi connectivity index (χ3v) is 3.33. The summed E-state index contributed by atoms with van der Waals surface area (Å²) in [5.74, 6) is -0.649. The summed E-state index contributed by atoms with van der Waals surface area (Å²) in [6.07, 6.45) is 1.50. The molecular weight excluding hydrogens is 247 g/mol. The predicted molar refractivity (Wildman–Crippen MR) is 69.2 cm³/mol. The number of hydrogen-bond acceptors (Lipinski definition) is 2. The zero-order chi connectivity index (χ0) is 14.0. The number of hydrogen-bond donors (Lipinski definition) is 0. The van der Waals surface area contributed by atoms with E-state index in [-0.39, 0.29) is 17.6 Å². The summed E-state index contributed by atoms with van der Waals surface area (Å²) in [6.45, 7) is 0.570. The lowest BCUT2D eigenvalue weighted by Gasteiger charge is -2.26. The van der Waals surface area contributed by atoms with Gasteiger partial charge in [0, 0.05) is 26.2 Å². The highest BCUT2D eigenvalue weighted by Gasteiger charge is 2.35. The van der Waals surface area contributed by atoms with Gasteiger partial charge >= 0.3 is 0 Å². The van der Waals surface area contributed by atoms with E-state index in [0.29, 0.717) is 18.5 Å². The van der Waals surface area contributed by atoms with Crippen LogP contribution < -0.4 is 0 Å². The van der Waals surface area contributed by atoms with Gasteiger partial charge in [0.25, 0.3) is 5.91 Å². The summed E-state index contributed by atoms with van der Waals surface area (Å²) in [4.78, 5) is 27.4. The number of carbonyl (C=O) groups is 2. The van der Waals surface area contributed by atoms with E-state index >= 15 is 0 Å². The third-order valence-electron chi connectivity index (χ3n) is 3.33. The number of carbonyl (C=O) groups excluding carboxylic acids is 2. The summed E-state index contributed by atoms with van der Waals surface area (Å²) in [6, 6.07) is 5.02. The van der Waals surface area contributed by atoms with Crippen molar-refractivity contribution in [2.75, 3.05) is 20.6 Å². The number of nitrogens with zero attached hydrogens (tertiary/aromatic N) is 2. The van der Waals surface area contributed by atoms with Crippen LogP contribution in [0.3, 0.4) is 0 Å². The van der Waals surface area contributed by atoms with Crippen molar-refractivity contribution in [3.63, 3.8) is 0 Å². The molecule has 0 N–H and O–H groups in total. The molecule has 0 aromatic heterocycles. The normalized spacial score (nSPS) is 18.5. The van der Waals surface area contributed by atoms with Crippen LogP contribution in [0.15, 0.2) is 24.3 Å². The lowest BCUT2D eigenvalue weighted by Crippen LogP contribution is -2.45. The van der Waals surface area contributed by atoms with E-state index in [2.05, 4.69) is 0 Å². The number of rotatable bonds is 2. The maximum Gasteiger partial charge on any atom is 0.254 e. The standard InChI is InChI=1S/C14H17FN2O2/c1-16(2)14(19)12-4-3-9-17(12)13(18)10-5-7-11(15)8-6-10/h5-8,12H,3-4,9H2,1-2H3. The molecule has 1 saturated heterocycles. The van der Waals surface area contributed by atoms with Crippen LogP contribution in [0.5, 0.6) is 0 Å². The Labute approximate surface area is 111 Å². The molecule has 4 nitrogen and oxygen atoms in total. The summed E-state index contributed by atoms with van der Waals surface area (Å²) >= 11 is 0. The Balaban J connectivity index is 2.18. The smallest absolute Gasteiger partial charge is 0.254 e. The summed E-state index contributed by atoms with van der Waals surface area (Å²) < 4.78 is 12.9. The molecule has 5 heteroatoms. The van der Waals surface area contributed by atoms with Gasteiger partial charge in [-0.25, -0.2) is 4.39 Å². The van der Waals surface area contributed by atoms with Gasteiger partial charge in [-0.1, -0.05) is 0 Å². The fourth-order valence-corrected chi connectivity index (χ4v) is 2.32. The molecule has 19 heavy (non-hydrogen) atoms. The molecule has 0 bridgehead atoms. The average Bonchev–Trinajstić information content (AvgIpc) is 2.86. The first kappa shape index (κ1) is 13.5. The van der Waals surface area contributed by atoms with E-state index in [1.165, 1.54) is 29.2 Å². The maximum atomic E-state index is 12.9. The van der Waals surface area contributed by atoms with Crippen LogP contribution in [0.25, 0.3) is 0 Å². The van der Waals surface area contributed by atoms with Crippen molar-refractivity contribution in [3.8, 4) is 0 Å². The van der Waals surface area contributed by atoms with Gasteiger partial charge < -0.3 is 9.80 Å². The Morgan fingerprint density at radius 3 is 2.47 bits per heavy atom. The highest BCUT2D eigenvalue weighted by Crippen LogP contribution is 2.21. The maximum absolute atomic E-state index is 12.9. The van der Waals surface area contributed by atoms with E-state index in [0.717, 1.165) is 6.42 Å². The molecule has 1 unspecified atom stereocenters. The molecular formula is C14H17FN2O2. The van der Waals surface area contributed by atoms with Gasteiger partial charge in [0.15, 0.2) is 0 Å². The van der Waals surface area contributed by atoms with Gasteiger partial charge in [0.05, 0.1) is 0 Å². The number of likely N-dealkylation sites (tertiary alicyclic amines) is 1. The van der Waals surface area contributed by atoms with Crippen LogP contribution in [-0.4, -0.2) is 48.3 Å². The first-order valence-corrected chi connectivity index (χ1v) is 6.28. The molecule has 0 aliphatic carbocycles. The molecule has 1 atom stereocenters. The fraction of sp³-hybridized carbons (Fsp3) is 0.429. The number of halogens is 1. The van der Waals surface area contributed by atoms with Crippen molar-refractivity contribution in [1.29, 1.82) is 0 Å². The van der Waals surface area contributed by atoms with Crippen LogP contribution in [0.4, 0.5) is 4.39 Å². The van der Waals surface area contributed by atoms with E-state index in [1.807, 2.05) is 0 Å². The van der Waals surface area contributed by atoms with Crippen molar-refractivity contribution in [3.05, 3.63) is 35.6 Å². The van der Waals surface area contributed by atoms with Crippen LogP contribution in [-0.2, 0) is 4.79 Å². The second kappa shape index (κ2) is 5.38. The Morgan fingerprint density at radius 2 is 1.89 bits per heavy atom. The molecule has 1 fully saturated rings. The van der Waals surface area contributed by atoms with Crippen LogP contribution in [0.2, 0.25) is 0 Å². The van der Waals surface area contributed by atoms with Gasteiger partial charge in [-0.05, 0) is 37.1 Å². The fourth-order valence-electron chi connectivity index (χ4n) is 2.32. The van der Waals surface area contributed by atoms with Crippen molar-refractivity contribution in [2.45, 2.75) is 18.9 Å². The Morgan fingerprint density at radius 1 is 1.26 bits per heavy atom. The molecule has 1 heterocycles. The molecule has 1 aromatic rings. The first-order chi connectivity index (χ1) is 9.00. The third kappa shape index (κ3) is 2.75. The highest BCUT2D eigenvalue weighted by molar-refractivity contribution is 5.97. The molecule has 2 amide bonds. The first-order valence-electron chi connectivity index (χ1n) is 6.28. The van der Waals surface area contributed by atoms with Crippen molar-refractivity contribution >= 4 is 11.8 Å². The number of amides is 2. The van der Waals surface area contributed by atoms with E-state index in [1.54, 1.807) is 19.0 Å². The highest BCUT2D eigenvalue weighted by atomic mass is 19.1. The molecule has 1 aliphatic heterocycles. The van der Waals surface area contributed by atoms with E-state index in [4.69, 9.17) is 0 Å². The van der Waals surface area contributed by atoms with Gasteiger partial charge in [-0.15, -0.1) is 0 Å². The lowest BCUT2D eigenvalue weighted by molar-refractivity contribution is -0.132. The van der Waals surface area contributed by atoms with Crippen molar-refractivity contribution in [2.24, 2.45) is 0 Å². The minimum atomic E-state index is -0.396. The molecule has 0 spiro atoms. The Kier molecular flexibility index (Phi) is 3.83. The molecule has 102 valence electrons. The van der Waals surface area contributed by atoms with Gasteiger partial charge in [-0.2, -0.15) is 0 Å². The minimum Gasteiger partial charge on any atom is -0.347 e. The van der Waals surface area contributed by atoms with Gasteiger partial charge in [-0.3, -0.25) is 9.59 Å². The summed E-state index contributed by atoms with van der Waals surface area (Å²) in [5.41, 5.74) is 0.417. The Bertz CT molecular complexity index is 485. The monoisotopic (exact) mass is 264 g/mol. The molecule has 2 rings (SSSR count). The SMILES string of the molecule is CN(C)C(=O)C1CCCN1C(=O)c1ccc(F)cc1. The minimum absolute atomic E-state index is 0.0621. The number of likely N-dealkylation sites (N-methyl/N-ethyl adjacent to an activating group) is 1. The van der Waals surface area contributed by atoms with Crippen LogP contribution in [0.1, 0.15) is 23.2 Å². The molecule has 0 radical (unpaired) electrons. The second-order valence-electron chi connectivity index (χ2n) is 4.90. The summed E-state index contributed by atoms with van der Waals surface area (Å²) in [7, 11) is 3.36. The quantitative estimate of drug-likeness (QED) is 0.812. The van der Waals surface area contributed by atoms with E-state index < -0.39 is 6.04 Å².